The first-order chi connectivity index (χ1) is 12.0. The fourth-order valence-electron chi connectivity index (χ4n) is 2.82. The lowest BCUT2D eigenvalue weighted by Gasteiger charge is -2.32. The zero-order chi connectivity index (χ0) is 18.3. The molecule has 0 saturated heterocycles. The van der Waals surface area contributed by atoms with Crippen LogP contribution < -0.4 is 5.32 Å². The number of rotatable bonds is 8. The van der Waals surface area contributed by atoms with E-state index in [-0.39, 0.29) is 19.0 Å². The zero-order valence-corrected chi connectivity index (χ0v) is 15.4. The van der Waals surface area contributed by atoms with Crippen molar-refractivity contribution in [2.75, 3.05) is 13.2 Å². The van der Waals surface area contributed by atoms with Gasteiger partial charge in [0, 0.05) is 5.56 Å². The minimum absolute atomic E-state index is 0.158. The van der Waals surface area contributed by atoms with Gasteiger partial charge in [0.25, 0.3) is 5.91 Å². The molecule has 1 aromatic carbocycles. The highest BCUT2D eigenvalue weighted by atomic mass is 31.2. The second kappa shape index (κ2) is 9.09. The van der Waals surface area contributed by atoms with Gasteiger partial charge in [0.2, 0.25) is 0 Å². The van der Waals surface area contributed by atoms with Gasteiger partial charge in [0.1, 0.15) is 5.78 Å². The molecular weight excluding hydrogens is 341 g/mol. The van der Waals surface area contributed by atoms with Crippen LogP contribution in [0.25, 0.3) is 0 Å². The molecule has 0 heterocycles. The van der Waals surface area contributed by atoms with E-state index in [9.17, 15) is 14.2 Å². The summed E-state index contributed by atoms with van der Waals surface area (Å²) < 4.78 is 24.1. The lowest BCUT2D eigenvalue weighted by Crippen LogP contribution is -2.44. The molecule has 1 aromatic rings. The predicted octanol–water partition coefficient (Wildman–Crippen LogP) is 3.54. The molecule has 0 aliphatic heterocycles. The summed E-state index contributed by atoms with van der Waals surface area (Å²) in [6, 6.07) is 8.59. The first-order valence-corrected chi connectivity index (χ1v) is 10.1. The van der Waals surface area contributed by atoms with Crippen LogP contribution in [0.5, 0.6) is 0 Å². The molecule has 2 unspecified atom stereocenters. The van der Waals surface area contributed by atoms with Gasteiger partial charge in [-0.25, -0.2) is 0 Å². The summed E-state index contributed by atoms with van der Waals surface area (Å²) >= 11 is 0. The number of nitrogens with one attached hydrogen (secondary N) is 1. The van der Waals surface area contributed by atoms with Crippen LogP contribution >= 0.6 is 7.60 Å². The Hall–Kier alpha value is -1.75. The summed E-state index contributed by atoms with van der Waals surface area (Å²) in [5.41, 5.74) is 0.422. The van der Waals surface area contributed by atoms with Crippen LogP contribution in [0.4, 0.5) is 0 Å². The third-order valence-electron chi connectivity index (χ3n) is 3.95. The van der Waals surface area contributed by atoms with Gasteiger partial charge in [-0.2, -0.15) is 0 Å². The Labute approximate surface area is 148 Å². The molecule has 0 bridgehead atoms. The van der Waals surface area contributed by atoms with E-state index in [1.54, 1.807) is 50.3 Å². The molecule has 0 radical (unpaired) electrons. The first kappa shape index (κ1) is 19.6. The van der Waals surface area contributed by atoms with Crippen LogP contribution in [0.15, 0.2) is 42.5 Å². The van der Waals surface area contributed by atoms with Crippen molar-refractivity contribution < 1.29 is 23.2 Å². The molecule has 0 aromatic heterocycles. The van der Waals surface area contributed by atoms with E-state index >= 15 is 0 Å². The molecule has 0 saturated carbocycles. The Morgan fingerprint density at radius 3 is 2.44 bits per heavy atom. The number of carbonyl (C=O) groups excluding carboxylic acids is 2. The molecule has 2 atom stereocenters. The monoisotopic (exact) mass is 365 g/mol. The van der Waals surface area contributed by atoms with E-state index in [0.29, 0.717) is 18.4 Å². The van der Waals surface area contributed by atoms with Crippen LogP contribution in [0.3, 0.4) is 0 Å². The molecule has 136 valence electrons. The van der Waals surface area contributed by atoms with Gasteiger partial charge in [-0.1, -0.05) is 24.3 Å². The molecule has 2 rings (SSSR count). The lowest BCUT2D eigenvalue weighted by atomic mass is 9.92. The predicted molar refractivity (Wildman–Crippen MR) is 95.4 cm³/mol. The Morgan fingerprint density at radius 2 is 1.88 bits per heavy atom. The Bertz CT molecular complexity index is 663. The standard InChI is InChI=1S/C18H24NO5P/c1-3-23-25(22,24-4-2)18(15-12-8-9-13-16(15)20)19-17(21)14-10-6-5-7-11-14/h5-7,9-11,13,15,18H,3-4,8,12H2,1-2H3,(H,19,21). The van der Waals surface area contributed by atoms with Crippen molar-refractivity contribution >= 4 is 19.3 Å². The summed E-state index contributed by atoms with van der Waals surface area (Å²) in [7, 11) is -3.70. The van der Waals surface area contributed by atoms with Crippen LogP contribution in [0, 0.1) is 5.92 Å². The van der Waals surface area contributed by atoms with Crippen LogP contribution in [-0.4, -0.2) is 30.7 Å². The third kappa shape index (κ3) is 4.88. The third-order valence-corrected chi connectivity index (χ3v) is 6.35. The average Bonchev–Trinajstić information content (AvgIpc) is 2.61. The maximum Gasteiger partial charge on any atom is 0.353 e. The van der Waals surface area contributed by atoms with Gasteiger partial charge in [-0.3, -0.25) is 14.2 Å². The van der Waals surface area contributed by atoms with Crippen molar-refractivity contribution in [3.63, 3.8) is 0 Å². The number of hydrogen-bond acceptors (Lipinski definition) is 5. The Kier molecular flexibility index (Phi) is 7.12. The molecule has 1 aliphatic rings. The molecule has 0 spiro atoms. The zero-order valence-electron chi connectivity index (χ0n) is 14.5. The molecule has 6 nitrogen and oxygen atoms in total. The SMILES string of the molecule is CCOP(=O)(OCC)C(NC(=O)c1ccccc1)C1CCC=CC1=O. The minimum Gasteiger partial charge on any atom is -0.337 e. The number of hydrogen-bond donors (Lipinski definition) is 1. The van der Waals surface area contributed by atoms with E-state index < -0.39 is 25.2 Å². The van der Waals surface area contributed by atoms with Crippen molar-refractivity contribution in [1.82, 2.24) is 5.32 Å². The normalized spacial score (nSPS) is 18.8. The summed E-state index contributed by atoms with van der Waals surface area (Å²) in [6.45, 7) is 3.71. The summed E-state index contributed by atoms with van der Waals surface area (Å²) in [4.78, 5) is 24.9. The van der Waals surface area contributed by atoms with E-state index in [2.05, 4.69) is 5.32 Å². The summed E-state index contributed by atoms with van der Waals surface area (Å²) in [5, 5.41) is 2.74. The summed E-state index contributed by atoms with van der Waals surface area (Å²) in [5.74, 6) is -2.24. The van der Waals surface area contributed by atoms with Gasteiger partial charge in [0.05, 0.1) is 19.1 Å². The molecule has 1 aliphatic carbocycles. The van der Waals surface area contributed by atoms with Gasteiger partial charge >= 0.3 is 7.60 Å². The number of benzene rings is 1. The van der Waals surface area contributed by atoms with Crippen LogP contribution in [0.2, 0.25) is 0 Å². The Morgan fingerprint density at radius 1 is 1.24 bits per heavy atom. The van der Waals surface area contributed by atoms with E-state index in [1.165, 1.54) is 6.08 Å². The molecule has 1 amide bonds. The van der Waals surface area contributed by atoms with Gasteiger partial charge < -0.3 is 14.4 Å². The fraction of sp³-hybridized carbons (Fsp3) is 0.444. The van der Waals surface area contributed by atoms with Gasteiger partial charge in [-0.05, 0) is 44.9 Å². The maximum atomic E-state index is 13.3. The van der Waals surface area contributed by atoms with Crippen LogP contribution in [0.1, 0.15) is 37.0 Å². The van der Waals surface area contributed by atoms with Crippen molar-refractivity contribution in [2.45, 2.75) is 32.5 Å². The van der Waals surface area contributed by atoms with E-state index in [0.717, 1.165) is 0 Å². The van der Waals surface area contributed by atoms with Crippen molar-refractivity contribution in [3.8, 4) is 0 Å². The number of amides is 1. The molecule has 0 fully saturated rings. The molecular formula is C18H24NO5P. The quantitative estimate of drug-likeness (QED) is 0.713. The number of carbonyl (C=O) groups is 2. The first-order valence-electron chi connectivity index (χ1n) is 8.47. The topological polar surface area (TPSA) is 81.7 Å². The smallest absolute Gasteiger partial charge is 0.337 e. The van der Waals surface area contributed by atoms with E-state index in [1.807, 2.05) is 0 Å². The number of allylic oxidation sites excluding steroid dienone is 2. The molecule has 7 heteroatoms. The second-order valence-corrected chi connectivity index (χ2v) is 7.80. The van der Waals surface area contributed by atoms with E-state index in [4.69, 9.17) is 9.05 Å². The summed E-state index contributed by atoms with van der Waals surface area (Å²) in [6.07, 6.45) is 4.41. The molecule has 1 N–H and O–H groups in total. The highest BCUT2D eigenvalue weighted by Gasteiger charge is 2.45. The highest BCUT2D eigenvalue weighted by Crippen LogP contribution is 2.55. The minimum atomic E-state index is -3.70. The van der Waals surface area contributed by atoms with Gasteiger partial charge in [-0.15, -0.1) is 0 Å². The van der Waals surface area contributed by atoms with Crippen LogP contribution in [-0.2, 0) is 18.4 Å². The average molecular weight is 365 g/mol. The second-order valence-electron chi connectivity index (χ2n) is 5.65. The van der Waals surface area contributed by atoms with Crippen molar-refractivity contribution in [3.05, 3.63) is 48.0 Å². The Balaban J connectivity index is 2.34. The largest absolute Gasteiger partial charge is 0.353 e. The highest BCUT2D eigenvalue weighted by molar-refractivity contribution is 7.54. The fourth-order valence-corrected chi connectivity index (χ4v) is 4.95. The molecule has 25 heavy (non-hydrogen) atoms. The lowest BCUT2D eigenvalue weighted by molar-refractivity contribution is -0.119. The number of ketones is 1. The van der Waals surface area contributed by atoms with Crippen molar-refractivity contribution in [1.29, 1.82) is 0 Å². The maximum absolute atomic E-state index is 13.3. The van der Waals surface area contributed by atoms with Gasteiger partial charge in [0.15, 0.2) is 5.78 Å². The van der Waals surface area contributed by atoms with Crippen molar-refractivity contribution in [2.24, 2.45) is 5.92 Å².